The van der Waals surface area contributed by atoms with Gasteiger partial charge in [0.05, 0.1) is 11.4 Å². The second kappa shape index (κ2) is 13.2. The van der Waals surface area contributed by atoms with Gasteiger partial charge in [0.1, 0.15) is 11.3 Å². The summed E-state index contributed by atoms with van der Waals surface area (Å²) in [4.78, 5) is 2.46. The number of rotatable bonds is 6. The van der Waals surface area contributed by atoms with Crippen LogP contribution in [0.2, 0.25) is 0 Å². The quantitative estimate of drug-likeness (QED) is 0.160. The fourth-order valence-electron chi connectivity index (χ4n) is 8.56. The molecule has 0 atom stereocenters. The van der Waals surface area contributed by atoms with Crippen LogP contribution in [0.1, 0.15) is 0 Å². The van der Waals surface area contributed by atoms with Gasteiger partial charge in [-0.2, -0.15) is 0 Å². The Morgan fingerprint density at radius 2 is 0.732 bits per heavy atom. The lowest BCUT2D eigenvalue weighted by Crippen LogP contribution is -2.11. The minimum Gasteiger partial charge on any atom is -0.456 e. The lowest BCUT2D eigenvalue weighted by atomic mass is 9.95. The van der Waals surface area contributed by atoms with Crippen molar-refractivity contribution in [2.24, 2.45) is 0 Å². The predicted octanol–water partition coefficient (Wildman–Crippen LogP) is 15.5. The first-order chi connectivity index (χ1) is 27.8. The van der Waals surface area contributed by atoms with Gasteiger partial charge in [0.2, 0.25) is 0 Å². The standard InChI is InChI=1S/C54H35NO/c1-4-17-44-39(13-1)33-51(48-21-9-7-19-46(44)48)55(52-34-40-14-2-5-18-45(40)47-20-8-10-22-49(47)52)42-31-29-37(30-32-42)36-25-27-38(28-26-36)43-16-6-11-23-50(43)54-35-41-15-3-12-24-53(41)56-54/h1-35H. The van der Waals surface area contributed by atoms with Crippen LogP contribution in [0.4, 0.5) is 17.1 Å². The average Bonchev–Trinajstić information content (AvgIpc) is 3.71. The fourth-order valence-corrected chi connectivity index (χ4v) is 8.56. The van der Waals surface area contributed by atoms with Crippen molar-refractivity contribution in [3.05, 3.63) is 212 Å². The summed E-state index contributed by atoms with van der Waals surface area (Å²) in [6.07, 6.45) is 0. The average molecular weight is 714 g/mol. The minimum absolute atomic E-state index is 0.879. The summed E-state index contributed by atoms with van der Waals surface area (Å²) in [7, 11) is 0. The van der Waals surface area contributed by atoms with E-state index in [1.165, 1.54) is 48.7 Å². The molecular weight excluding hydrogens is 679 g/mol. The van der Waals surface area contributed by atoms with Gasteiger partial charge in [-0.25, -0.2) is 0 Å². The maximum atomic E-state index is 6.29. The molecule has 11 aromatic rings. The van der Waals surface area contributed by atoms with E-state index in [1.807, 2.05) is 18.2 Å². The normalized spacial score (nSPS) is 11.6. The highest BCUT2D eigenvalue weighted by Crippen LogP contribution is 2.46. The maximum Gasteiger partial charge on any atom is 0.136 e. The molecule has 0 unspecified atom stereocenters. The molecule has 0 N–H and O–H groups in total. The number of hydrogen-bond acceptors (Lipinski definition) is 2. The van der Waals surface area contributed by atoms with Crippen molar-refractivity contribution in [1.82, 2.24) is 0 Å². The van der Waals surface area contributed by atoms with Crippen LogP contribution >= 0.6 is 0 Å². The topological polar surface area (TPSA) is 16.4 Å². The molecule has 0 aliphatic heterocycles. The molecular formula is C54H35NO. The van der Waals surface area contributed by atoms with E-state index in [0.717, 1.165) is 56.0 Å². The smallest absolute Gasteiger partial charge is 0.136 e. The number of para-hydroxylation sites is 1. The van der Waals surface area contributed by atoms with E-state index in [0.29, 0.717) is 0 Å². The number of fused-ring (bicyclic) bond motifs is 7. The van der Waals surface area contributed by atoms with Crippen molar-refractivity contribution in [3.8, 4) is 33.6 Å². The number of hydrogen-bond donors (Lipinski definition) is 0. The fraction of sp³-hybridized carbons (Fsp3) is 0. The van der Waals surface area contributed by atoms with E-state index in [9.17, 15) is 0 Å². The molecule has 0 amide bonds. The Hall–Kier alpha value is -7.42. The van der Waals surface area contributed by atoms with Gasteiger partial charge in [-0.05, 0) is 91.0 Å². The molecule has 0 aliphatic rings. The Kier molecular flexibility index (Phi) is 7.53. The molecule has 1 aromatic heterocycles. The lowest BCUT2D eigenvalue weighted by Gasteiger charge is -2.29. The molecule has 0 saturated heterocycles. The second-order valence-electron chi connectivity index (χ2n) is 14.5. The largest absolute Gasteiger partial charge is 0.456 e. The number of benzene rings is 10. The van der Waals surface area contributed by atoms with Crippen LogP contribution in [0.25, 0.3) is 87.6 Å². The molecule has 2 heteroatoms. The van der Waals surface area contributed by atoms with E-state index < -0.39 is 0 Å². The Balaban J connectivity index is 1.03. The molecule has 56 heavy (non-hydrogen) atoms. The van der Waals surface area contributed by atoms with Crippen molar-refractivity contribution in [1.29, 1.82) is 0 Å². The molecule has 11 rings (SSSR count). The summed E-state index contributed by atoms with van der Waals surface area (Å²) >= 11 is 0. The van der Waals surface area contributed by atoms with Crippen molar-refractivity contribution >= 4 is 71.1 Å². The lowest BCUT2D eigenvalue weighted by molar-refractivity contribution is 0.632. The molecule has 0 bridgehead atoms. The van der Waals surface area contributed by atoms with Gasteiger partial charge in [-0.1, -0.05) is 176 Å². The summed E-state index contributed by atoms with van der Waals surface area (Å²) in [5, 5.41) is 11.0. The number of furan rings is 1. The van der Waals surface area contributed by atoms with Gasteiger partial charge in [-0.3, -0.25) is 0 Å². The summed E-state index contributed by atoms with van der Waals surface area (Å²) in [5.74, 6) is 0.879. The zero-order valence-corrected chi connectivity index (χ0v) is 30.6. The van der Waals surface area contributed by atoms with Crippen molar-refractivity contribution in [2.75, 3.05) is 4.90 Å². The van der Waals surface area contributed by atoms with Crippen LogP contribution < -0.4 is 4.90 Å². The molecule has 1 heterocycles. The Morgan fingerprint density at radius 1 is 0.304 bits per heavy atom. The van der Waals surface area contributed by atoms with Crippen LogP contribution in [0.5, 0.6) is 0 Å². The molecule has 0 fully saturated rings. The third-order valence-corrected chi connectivity index (χ3v) is 11.2. The van der Waals surface area contributed by atoms with Crippen molar-refractivity contribution in [2.45, 2.75) is 0 Å². The summed E-state index contributed by atoms with van der Waals surface area (Å²) in [6, 6.07) is 76.5. The monoisotopic (exact) mass is 713 g/mol. The van der Waals surface area contributed by atoms with Crippen molar-refractivity contribution < 1.29 is 4.42 Å². The Labute approximate surface area is 325 Å². The third-order valence-electron chi connectivity index (χ3n) is 11.2. The first kappa shape index (κ1) is 32.0. The first-order valence-electron chi connectivity index (χ1n) is 19.2. The third kappa shape index (κ3) is 5.34. The molecule has 262 valence electrons. The van der Waals surface area contributed by atoms with E-state index in [2.05, 4.69) is 199 Å². The molecule has 10 aromatic carbocycles. The highest BCUT2D eigenvalue weighted by molar-refractivity contribution is 6.18. The summed E-state index contributed by atoms with van der Waals surface area (Å²) in [6.45, 7) is 0. The van der Waals surface area contributed by atoms with E-state index >= 15 is 0 Å². The second-order valence-corrected chi connectivity index (χ2v) is 14.5. The van der Waals surface area contributed by atoms with E-state index in [-0.39, 0.29) is 0 Å². The van der Waals surface area contributed by atoms with Crippen LogP contribution in [0.3, 0.4) is 0 Å². The zero-order valence-electron chi connectivity index (χ0n) is 30.6. The van der Waals surface area contributed by atoms with Crippen LogP contribution in [-0.4, -0.2) is 0 Å². The van der Waals surface area contributed by atoms with E-state index in [1.54, 1.807) is 0 Å². The SMILES string of the molecule is c1ccc(-c2cc3ccccc3o2)c(-c2ccc(-c3ccc(N(c4cc5ccccc5c5ccccc45)c4cc5ccccc5c5ccccc45)cc3)cc2)c1. The molecule has 0 spiro atoms. The maximum absolute atomic E-state index is 6.29. The first-order valence-corrected chi connectivity index (χ1v) is 19.2. The summed E-state index contributed by atoms with van der Waals surface area (Å²) < 4.78 is 6.29. The van der Waals surface area contributed by atoms with Gasteiger partial charge in [-0.15, -0.1) is 0 Å². The predicted molar refractivity (Wildman–Crippen MR) is 237 cm³/mol. The molecule has 0 radical (unpaired) electrons. The van der Waals surface area contributed by atoms with Gasteiger partial charge in [0, 0.05) is 27.4 Å². The minimum atomic E-state index is 0.879. The molecule has 0 aliphatic carbocycles. The highest BCUT2D eigenvalue weighted by atomic mass is 16.3. The van der Waals surface area contributed by atoms with Crippen LogP contribution in [0, 0.1) is 0 Å². The zero-order chi connectivity index (χ0) is 37.0. The van der Waals surface area contributed by atoms with Crippen LogP contribution in [-0.2, 0) is 0 Å². The molecule has 0 saturated carbocycles. The van der Waals surface area contributed by atoms with Gasteiger partial charge in [0.25, 0.3) is 0 Å². The van der Waals surface area contributed by atoms with Gasteiger partial charge in [0.15, 0.2) is 0 Å². The van der Waals surface area contributed by atoms with Gasteiger partial charge < -0.3 is 9.32 Å². The number of nitrogens with zero attached hydrogens (tertiary/aromatic N) is 1. The summed E-state index contributed by atoms with van der Waals surface area (Å²) in [5.41, 5.74) is 10.0. The Morgan fingerprint density at radius 3 is 1.30 bits per heavy atom. The van der Waals surface area contributed by atoms with Crippen molar-refractivity contribution in [3.63, 3.8) is 0 Å². The highest BCUT2D eigenvalue weighted by Gasteiger charge is 2.21. The van der Waals surface area contributed by atoms with Crippen LogP contribution in [0.15, 0.2) is 217 Å². The van der Waals surface area contributed by atoms with E-state index in [4.69, 9.17) is 4.42 Å². The van der Waals surface area contributed by atoms with Gasteiger partial charge >= 0.3 is 0 Å². The Bertz CT molecular complexity index is 3090. The number of anilines is 3. The molecule has 2 nitrogen and oxygen atoms in total.